The molecule has 1 saturated carbocycles. The van der Waals surface area contributed by atoms with Crippen LogP contribution in [-0.4, -0.2) is 13.6 Å². The van der Waals surface area contributed by atoms with E-state index in [4.69, 9.17) is 5.73 Å². The third-order valence-corrected chi connectivity index (χ3v) is 5.93. The molecule has 0 unspecified atom stereocenters. The van der Waals surface area contributed by atoms with Crippen molar-refractivity contribution in [1.82, 2.24) is 0 Å². The molecule has 2 aromatic rings. The van der Waals surface area contributed by atoms with Gasteiger partial charge in [-0.1, -0.05) is 31.0 Å². The summed E-state index contributed by atoms with van der Waals surface area (Å²) < 4.78 is 0. The number of hydrogen-bond acceptors (Lipinski definition) is 2. The van der Waals surface area contributed by atoms with Crippen molar-refractivity contribution in [3.05, 3.63) is 53.1 Å². The number of hydrogen-bond donors (Lipinski definition) is 1. The normalized spacial score (nSPS) is 18.7. The first kappa shape index (κ1) is 14.8. The van der Waals surface area contributed by atoms with Crippen LogP contribution in [0.1, 0.15) is 42.4 Å². The van der Waals surface area contributed by atoms with Crippen LogP contribution in [0.3, 0.4) is 0 Å². The van der Waals surface area contributed by atoms with Gasteiger partial charge < -0.3 is 10.6 Å². The average Bonchev–Trinajstić information content (AvgIpc) is 3.14. The third kappa shape index (κ3) is 2.28. The molecule has 1 fully saturated rings. The smallest absolute Gasteiger partial charge is 0.0403 e. The fourth-order valence-electron chi connectivity index (χ4n) is 4.67. The van der Waals surface area contributed by atoms with Crippen LogP contribution >= 0.6 is 0 Å². The molecule has 2 aliphatic rings. The summed E-state index contributed by atoms with van der Waals surface area (Å²) in [5, 5.41) is 0. The Morgan fingerprint density at radius 1 is 1.09 bits per heavy atom. The van der Waals surface area contributed by atoms with E-state index < -0.39 is 0 Å². The molecule has 0 bridgehead atoms. The predicted octanol–water partition coefficient (Wildman–Crippen LogP) is 4.38. The number of anilines is 1. The topological polar surface area (TPSA) is 29.3 Å². The van der Waals surface area contributed by atoms with Crippen molar-refractivity contribution in [3.8, 4) is 11.1 Å². The number of benzene rings is 2. The van der Waals surface area contributed by atoms with E-state index in [1.807, 2.05) is 0 Å². The highest BCUT2D eigenvalue weighted by Gasteiger charge is 2.43. The summed E-state index contributed by atoms with van der Waals surface area (Å²) in [6.45, 7) is 3.98. The molecular weight excluding hydrogens is 280 g/mol. The first-order valence-electron chi connectivity index (χ1n) is 8.79. The SMILES string of the molecule is Cc1ccc(CN)cc1-c1ccc2c(c1)C1(CCCC1)CN2C. The molecule has 1 heterocycles. The van der Waals surface area contributed by atoms with Crippen LogP contribution in [0.5, 0.6) is 0 Å². The van der Waals surface area contributed by atoms with Crippen molar-refractivity contribution in [1.29, 1.82) is 0 Å². The van der Waals surface area contributed by atoms with Gasteiger partial charge in [0.2, 0.25) is 0 Å². The molecule has 2 nitrogen and oxygen atoms in total. The molecule has 1 aliphatic carbocycles. The van der Waals surface area contributed by atoms with Gasteiger partial charge in [-0.2, -0.15) is 0 Å². The van der Waals surface area contributed by atoms with E-state index >= 15 is 0 Å². The quantitative estimate of drug-likeness (QED) is 0.892. The van der Waals surface area contributed by atoms with Gasteiger partial charge in [-0.3, -0.25) is 0 Å². The van der Waals surface area contributed by atoms with Crippen LogP contribution in [0.15, 0.2) is 36.4 Å². The molecule has 2 heteroatoms. The Morgan fingerprint density at radius 3 is 2.61 bits per heavy atom. The first-order chi connectivity index (χ1) is 11.1. The molecule has 0 saturated heterocycles. The van der Waals surface area contributed by atoms with Gasteiger partial charge in [0.05, 0.1) is 0 Å². The van der Waals surface area contributed by atoms with E-state index in [0.717, 1.165) is 0 Å². The van der Waals surface area contributed by atoms with Gasteiger partial charge in [0.1, 0.15) is 0 Å². The monoisotopic (exact) mass is 306 g/mol. The van der Waals surface area contributed by atoms with Crippen molar-refractivity contribution < 1.29 is 0 Å². The van der Waals surface area contributed by atoms with Crippen LogP contribution < -0.4 is 10.6 Å². The second kappa shape index (κ2) is 5.38. The van der Waals surface area contributed by atoms with Crippen molar-refractivity contribution in [2.24, 2.45) is 5.73 Å². The van der Waals surface area contributed by atoms with Crippen LogP contribution in [0.25, 0.3) is 11.1 Å². The van der Waals surface area contributed by atoms with Gasteiger partial charge >= 0.3 is 0 Å². The van der Waals surface area contributed by atoms with E-state index in [9.17, 15) is 0 Å². The zero-order valence-corrected chi connectivity index (χ0v) is 14.2. The van der Waals surface area contributed by atoms with Crippen molar-refractivity contribution in [2.45, 2.75) is 44.6 Å². The van der Waals surface area contributed by atoms with E-state index in [-0.39, 0.29) is 0 Å². The summed E-state index contributed by atoms with van der Waals surface area (Å²) in [5.41, 5.74) is 14.5. The number of nitrogens with two attached hydrogens (primary N) is 1. The highest BCUT2D eigenvalue weighted by molar-refractivity contribution is 5.74. The van der Waals surface area contributed by atoms with Crippen LogP contribution in [0.2, 0.25) is 0 Å². The number of fused-ring (bicyclic) bond motifs is 2. The largest absolute Gasteiger partial charge is 0.373 e. The molecule has 120 valence electrons. The van der Waals surface area contributed by atoms with E-state index in [1.165, 1.54) is 60.2 Å². The maximum Gasteiger partial charge on any atom is 0.0403 e. The summed E-state index contributed by atoms with van der Waals surface area (Å²) >= 11 is 0. The molecule has 1 spiro atoms. The summed E-state index contributed by atoms with van der Waals surface area (Å²) in [7, 11) is 2.24. The van der Waals surface area contributed by atoms with Gasteiger partial charge in [0, 0.05) is 31.2 Å². The molecule has 0 amide bonds. The lowest BCUT2D eigenvalue weighted by molar-refractivity contribution is 0.473. The highest BCUT2D eigenvalue weighted by atomic mass is 15.1. The number of nitrogens with zero attached hydrogens (tertiary/aromatic N) is 1. The Bertz CT molecular complexity index is 742. The Hall–Kier alpha value is -1.80. The minimum atomic E-state index is 0.402. The molecule has 4 rings (SSSR count). The second-order valence-corrected chi connectivity index (χ2v) is 7.43. The minimum Gasteiger partial charge on any atom is -0.373 e. The Labute approximate surface area is 139 Å². The Kier molecular flexibility index (Phi) is 3.46. The van der Waals surface area contributed by atoms with Gasteiger partial charge in [-0.15, -0.1) is 0 Å². The predicted molar refractivity (Wildman–Crippen MR) is 97.9 cm³/mol. The van der Waals surface area contributed by atoms with E-state index in [2.05, 4.69) is 55.3 Å². The number of rotatable bonds is 2. The molecule has 0 atom stereocenters. The minimum absolute atomic E-state index is 0.402. The summed E-state index contributed by atoms with van der Waals surface area (Å²) in [6, 6.07) is 13.7. The average molecular weight is 306 g/mol. The zero-order chi connectivity index (χ0) is 16.0. The third-order valence-electron chi connectivity index (χ3n) is 5.93. The number of aryl methyl sites for hydroxylation is 1. The first-order valence-corrected chi connectivity index (χ1v) is 8.79. The lowest BCUT2D eigenvalue weighted by Crippen LogP contribution is -2.28. The van der Waals surface area contributed by atoms with Crippen LogP contribution in [0, 0.1) is 6.92 Å². The molecule has 0 aromatic heterocycles. The van der Waals surface area contributed by atoms with Crippen molar-refractivity contribution in [3.63, 3.8) is 0 Å². The second-order valence-electron chi connectivity index (χ2n) is 7.43. The van der Waals surface area contributed by atoms with Crippen LogP contribution in [-0.2, 0) is 12.0 Å². The molecule has 2 N–H and O–H groups in total. The fraction of sp³-hybridized carbons (Fsp3) is 0.429. The maximum absolute atomic E-state index is 5.84. The highest BCUT2D eigenvalue weighted by Crippen LogP contribution is 2.50. The summed E-state index contributed by atoms with van der Waals surface area (Å²) in [5.74, 6) is 0. The van der Waals surface area contributed by atoms with Crippen molar-refractivity contribution >= 4 is 5.69 Å². The van der Waals surface area contributed by atoms with Gasteiger partial charge in [0.15, 0.2) is 0 Å². The summed E-state index contributed by atoms with van der Waals surface area (Å²) in [6.07, 6.45) is 5.43. The van der Waals surface area contributed by atoms with E-state index in [0.29, 0.717) is 12.0 Å². The van der Waals surface area contributed by atoms with Crippen LogP contribution in [0.4, 0.5) is 5.69 Å². The van der Waals surface area contributed by atoms with Gasteiger partial charge in [-0.25, -0.2) is 0 Å². The zero-order valence-electron chi connectivity index (χ0n) is 14.2. The maximum atomic E-state index is 5.84. The summed E-state index contributed by atoms with van der Waals surface area (Å²) in [4.78, 5) is 2.45. The molecule has 2 aromatic carbocycles. The van der Waals surface area contributed by atoms with Gasteiger partial charge in [-0.05, 0) is 65.8 Å². The number of likely N-dealkylation sites (N-methyl/N-ethyl adjacent to an activating group) is 1. The Balaban J connectivity index is 1.84. The fourth-order valence-corrected chi connectivity index (χ4v) is 4.67. The van der Waals surface area contributed by atoms with Gasteiger partial charge in [0.25, 0.3) is 0 Å². The molecule has 0 radical (unpaired) electrons. The Morgan fingerprint density at radius 2 is 1.87 bits per heavy atom. The molecular formula is C21H26N2. The standard InChI is InChI=1S/C21H26N2/c1-15-5-6-16(13-22)11-18(15)17-7-8-20-19(12-17)21(14-23(20)2)9-3-4-10-21/h5-8,11-12H,3-4,9-10,13-14,22H2,1-2H3. The lowest BCUT2D eigenvalue weighted by Gasteiger charge is -2.24. The van der Waals surface area contributed by atoms with E-state index in [1.54, 1.807) is 5.56 Å². The molecule has 1 aliphatic heterocycles. The lowest BCUT2D eigenvalue weighted by atomic mass is 9.79. The van der Waals surface area contributed by atoms with Crippen molar-refractivity contribution in [2.75, 3.05) is 18.5 Å². The molecule has 23 heavy (non-hydrogen) atoms.